The third-order valence-corrected chi connectivity index (χ3v) is 3.73. The Kier molecular flexibility index (Phi) is 3.82. The molecule has 0 atom stereocenters. The number of hydrogen-bond acceptors (Lipinski definition) is 3. The molecule has 0 aliphatic heterocycles. The van der Waals surface area contributed by atoms with E-state index in [1.54, 1.807) is 6.20 Å². The van der Waals surface area contributed by atoms with Crippen LogP contribution in [0, 0.1) is 11.3 Å². The number of nitrogens with zero attached hydrogens (tertiary/aromatic N) is 4. The van der Waals surface area contributed by atoms with E-state index in [1.165, 1.54) is 0 Å². The van der Waals surface area contributed by atoms with Gasteiger partial charge in [0.1, 0.15) is 11.3 Å². The van der Waals surface area contributed by atoms with E-state index in [2.05, 4.69) is 34.5 Å². The van der Waals surface area contributed by atoms with Gasteiger partial charge in [-0.25, -0.2) is 9.97 Å². The summed E-state index contributed by atoms with van der Waals surface area (Å²) in [7, 11) is 0. The van der Waals surface area contributed by atoms with Gasteiger partial charge in [-0.3, -0.25) is 0 Å². The van der Waals surface area contributed by atoms with Crippen LogP contribution in [0.2, 0.25) is 5.02 Å². The molecule has 0 bridgehead atoms. The highest BCUT2D eigenvalue weighted by atomic mass is 35.5. The van der Waals surface area contributed by atoms with E-state index in [0.29, 0.717) is 17.1 Å². The molecular weight excluding hydrogens is 296 g/mol. The first-order valence-corrected chi connectivity index (χ1v) is 7.47. The Morgan fingerprint density at radius 3 is 2.64 bits per heavy atom. The first kappa shape index (κ1) is 14.6. The van der Waals surface area contributed by atoms with Gasteiger partial charge in [0.05, 0.1) is 23.2 Å². The van der Waals surface area contributed by atoms with Crippen LogP contribution in [-0.2, 0) is 6.54 Å². The fourth-order valence-corrected chi connectivity index (χ4v) is 2.62. The predicted octanol–water partition coefficient (Wildman–Crippen LogP) is 4.13. The van der Waals surface area contributed by atoms with Gasteiger partial charge in [-0.2, -0.15) is 5.26 Å². The Bertz CT molecular complexity index is 857. The maximum Gasteiger partial charge on any atom is 0.160 e. The normalized spacial score (nSPS) is 11.0. The molecule has 4 nitrogen and oxygen atoms in total. The molecule has 0 spiro atoms. The van der Waals surface area contributed by atoms with E-state index in [0.717, 1.165) is 22.6 Å². The van der Waals surface area contributed by atoms with Crippen molar-refractivity contribution in [2.45, 2.75) is 26.3 Å². The lowest BCUT2D eigenvalue weighted by Gasteiger charge is -2.11. The molecule has 0 aliphatic rings. The van der Waals surface area contributed by atoms with Crippen LogP contribution in [0.15, 0.2) is 36.5 Å². The van der Waals surface area contributed by atoms with Gasteiger partial charge < -0.3 is 4.57 Å². The third-order valence-electron chi connectivity index (χ3n) is 3.52. The summed E-state index contributed by atoms with van der Waals surface area (Å²) >= 11 is 6.01. The lowest BCUT2D eigenvalue weighted by Crippen LogP contribution is -2.07. The minimum absolute atomic E-state index is 0.284. The lowest BCUT2D eigenvalue weighted by atomic mass is 10.1. The molecule has 0 aliphatic carbocycles. The predicted molar refractivity (Wildman–Crippen MR) is 86.9 cm³/mol. The number of imidazole rings is 1. The van der Waals surface area contributed by atoms with E-state index >= 15 is 0 Å². The molecule has 0 N–H and O–H groups in total. The number of halogens is 1. The lowest BCUT2D eigenvalue weighted by molar-refractivity contribution is 0.679. The minimum Gasteiger partial charge on any atom is -0.308 e. The molecule has 0 fully saturated rings. The summed E-state index contributed by atoms with van der Waals surface area (Å²) in [6.45, 7) is 4.89. The molecular formula is C17H15ClN4. The fraction of sp³-hybridized carbons (Fsp3) is 0.235. The second kappa shape index (κ2) is 5.78. The molecule has 0 saturated heterocycles. The van der Waals surface area contributed by atoms with Crippen molar-refractivity contribution < 1.29 is 0 Å². The van der Waals surface area contributed by atoms with Crippen LogP contribution in [0.3, 0.4) is 0 Å². The van der Waals surface area contributed by atoms with E-state index in [9.17, 15) is 0 Å². The number of rotatable bonds is 3. The van der Waals surface area contributed by atoms with E-state index in [4.69, 9.17) is 16.9 Å². The summed E-state index contributed by atoms with van der Waals surface area (Å²) in [5.41, 5.74) is 3.41. The molecule has 5 heteroatoms. The minimum atomic E-state index is 0.284. The average molecular weight is 311 g/mol. The topological polar surface area (TPSA) is 54.5 Å². The summed E-state index contributed by atoms with van der Waals surface area (Å²) in [6, 6.07) is 11.6. The molecule has 0 amide bonds. The Morgan fingerprint density at radius 1 is 1.27 bits per heavy atom. The van der Waals surface area contributed by atoms with Gasteiger partial charge in [-0.1, -0.05) is 37.6 Å². The SMILES string of the molecule is CC(C)c1nc2cc(Cl)cnc2n1Cc1ccc(C#N)cc1. The smallest absolute Gasteiger partial charge is 0.160 e. The molecule has 110 valence electrons. The Hall–Kier alpha value is -2.38. The molecule has 3 rings (SSSR count). The first-order chi connectivity index (χ1) is 10.6. The van der Waals surface area contributed by atoms with Crippen molar-refractivity contribution in [2.75, 3.05) is 0 Å². The number of pyridine rings is 1. The van der Waals surface area contributed by atoms with E-state index < -0.39 is 0 Å². The molecule has 3 aromatic rings. The van der Waals surface area contributed by atoms with Gasteiger partial charge in [0.2, 0.25) is 0 Å². The van der Waals surface area contributed by atoms with Crippen LogP contribution < -0.4 is 0 Å². The first-order valence-electron chi connectivity index (χ1n) is 7.09. The highest BCUT2D eigenvalue weighted by Crippen LogP contribution is 2.23. The van der Waals surface area contributed by atoms with Crippen molar-refractivity contribution in [1.29, 1.82) is 5.26 Å². The van der Waals surface area contributed by atoms with Gasteiger partial charge in [-0.05, 0) is 23.8 Å². The van der Waals surface area contributed by atoms with Gasteiger partial charge in [0.15, 0.2) is 5.65 Å². The monoisotopic (exact) mass is 310 g/mol. The van der Waals surface area contributed by atoms with Gasteiger partial charge in [-0.15, -0.1) is 0 Å². The van der Waals surface area contributed by atoms with Crippen molar-refractivity contribution in [3.8, 4) is 6.07 Å². The van der Waals surface area contributed by atoms with Gasteiger partial charge in [0.25, 0.3) is 0 Å². The van der Waals surface area contributed by atoms with Crippen molar-refractivity contribution >= 4 is 22.8 Å². The maximum atomic E-state index is 8.88. The summed E-state index contributed by atoms with van der Waals surface area (Å²) in [4.78, 5) is 9.10. The van der Waals surface area contributed by atoms with Crippen LogP contribution in [0.4, 0.5) is 0 Å². The second-order valence-electron chi connectivity index (χ2n) is 5.52. The van der Waals surface area contributed by atoms with Crippen molar-refractivity contribution in [2.24, 2.45) is 0 Å². The molecule has 0 radical (unpaired) electrons. The van der Waals surface area contributed by atoms with Crippen LogP contribution in [0.1, 0.15) is 36.7 Å². The highest BCUT2D eigenvalue weighted by Gasteiger charge is 2.15. The largest absolute Gasteiger partial charge is 0.308 e. The summed E-state index contributed by atoms with van der Waals surface area (Å²) in [5, 5.41) is 9.47. The summed E-state index contributed by atoms with van der Waals surface area (Å²) in [6.07, 6.45) is 1.64. The van der Waals surface area contributed by atoms with Gasteiger partial charge >= 0.3 is 0 Å². The molecule has 2 heterocycles. The summed E-state index contributed by atoms with van der Waals surface area (Å²) in [5.74, 6) is 1.26. The van der Waals surface area contributed by atoms with Gasteiger partial charge in [0, 0.05) is 12.1 Å². The number of nitriles is 1. The zero-order valence-corrected chi connectivity index (χ0v) is 13.2. The van der Waals surface area contributed by atoms with E-state index in [-0.39, 0.29) is 5.92 Å². The second-order valence-corrected chi connectivity index (χ2v) is 5.95. The molecule has 0 saturated carbocycles. The molecule has 1 aromatic carbocycles. The number of aromatic nitrogens is 3. The van der Waals surface area contributed by atoms with Crippen molar-refractivity contribution in [1.82, 2.24) is 14.5 Å². The third kappa shape index (κ3) is 2.68. The zero-order chi connectivity index (χ0) is 15.7. The Balaban J connectivity index is 2.07. The maximum absolute atomic E-state index is 8.88. The average Bonchev–Trinajstić information content (AvgIpc) is 2.86. The standard InChI is InChI=1S/C17H15ClN4/c1-11(2)16-21-15-7-14(18)9-20-17(15)22(16)10-13-5-3-12(8-19)4-6-13/h3-7,9,11H,10H2,1-2H3. The summed E-state index contributed by atoms with van der Waals surface area (Å²) < 4.78 is 2.11. The number of fused-ring (bicyclic) bond motifs is 1. The number of hydrogen-bond donors (Lipinski definition) is 0. The Labute approximate surface area is 134 Å². The zero-order valence-electron chi connectivity index (χ0n) is 12.4. The van der Waals surface area contributed by atoms with Crippen LogP contribution >= 0.6 is 11.6 Å². The van der Waals surface area contributed by atoms with Crippen LogP contribution in [-0.4, -0.2) is 14.5 Å². The van der Waals surface area contributed by atoms with Crippen LogP contribution in [0.5, 0.6) is 0 Å². The quantitative estimate of drug-likeness (QED) is 0.731. The van der Waals surface area contributed by atoms with Crippen molar-refractivity contribution in [3.63, 3.8) is 0 Å². The number of benzene rings is 1. The van der Waals surface area contributed by atoms with Crippen LogP contribution in [0.25, 0.3) is 11.2 Å². The van der Waals surface area contributed by atoms with Crippen molar-refractivity contribution in [3.05, 3.63) is 58.5 Å². The molecule has 0 unspecified atom stereocenters. The molecule has 22 heavy (non-hydrogen) atoms. The Morgan fingerprint density at radius 2 is 2.00 bits per heavy atom. The van der Waals surface area contributed by atoms with E-state index in [1.807, 2.05) is 30.3 Å². The highest BCUT2D eigenvalue weighted by molar-refractivity contribution is 6.31. The fourth-order valence-electron chi connectivity index (χ4n) is 2.47. The molecule has 2 aromatic heterocycles.